The van der Waals surface area contributed by atoms with E-state index < -0.39 is 5.41 Å². The molecule has 0 aliphatic rings. The SMILES string of the molecule is O=[C]OCC(c1ccccc1)(c1ccccc1)c1ccccc1. The lowest BCUT2D eigenvalue weighted by Gasteiger charge is -2.34. The van der Waals surface area contributed by atoms with Gasteiger partial charge in [0.2, 0.25) is 0 Å². The van der Waals surface area contributed by atoms with E-state index in [9.17, 15) is 4.79 Å². The van der Waals surface area contributed by atoms with Gasteiger partial charge in [0.25, 0.3) is 0 Å². The zero-order valence-electron chi connectivity index (χ0n) is 12.7. The van der Waals surface area contributed by atoms with Gasteiger partial charge < -0.3 is 4.74 Å². The van der Waals surface area contributed by atoms with Gasteiger partial charge in [-0.2, -0.15) is 0 Å². The maximum Gasteiger partial charge on any atom is 0.417 e. The molecule has 1 radical (unpaired) electrons. The molecule has 0 saturated heterocycles. The first-order valence-corrected chi connectivity index (χ1v) is 7.53. The maximum absolute atomic E-state index is 10.8. The number of ether oxygens (including phenoxy) is 1. The highest BCUT2D eigenvalue weighted by molar-refractivity contribution is 5.51. The third-order valence-corrected chi connectivity index (χ3v) is 4.15. The van der Waals surface area contributed by atoms with Crippen LogP contribution < -0.4 is 0 Å². The Labute approximate surface area is 136 Å². The van der Waals surface area contributed by atoms with Crippen molar-refractivity contribution in [1.82, 2.24) is 0 Å². The second kappa shape index (κ2) is 6.93. The predicted molar refractivity (Wildman–Crippen MR) is 90.9 cm³/mol. The first-order valence-electron chi connectivity index (χ1n) is 7.53. The van der Waals surface area contributed by atoms with Crippen LogP contribution in [0.3, 0.4) is 0 Å². The summed E-state index contributed by atoms with van der Waals surface area (Å²) in [5, 5.41) is 0. The van der Waals surface area contributed by atoms with Crippen molar-refractivity contribution in [3.63, 3.8) is 0 Å². The van der Waals surface area contributed by atoms with Gasteiger partial charge in [0.15, 0.2) is 0 Å². The average Bonchev–Trinajstić information content (AvgIpc) is 2.65. The van der Waals surface area contributed by atoms with Crippen LogP contribution in [0.5, 0.6) is 0 Å². The molecule has 23 heavy (non-hydrogen) atoms. The van der Waals surface area contributed by atoms with Gasteiger partial charge in [-0.1, -0.05) is 91.0 Å². The van der Waals surface area contributed by atoms with Crippen LogP contribution in [0.15, 0.2) is 91.0 Å². The minimum absolute atomic E-state index is 0.203. The monoisotopic (exact) mass is 301 g/mol. The number of carbonyl (C=O) groups excluding carboxylic acids is 1. The number of hydrogen-bond acceptors (Lipinski definition) is 2. The third-order valence-electron chi connectivity index (χ3n) is 4.15. The Bertz CT molecular complexity index is 640. The summed E-state index contributed by atoms with van der Waals surface area (Å²) >= 11 is 0. The van der Waals surface area contributed by atoms with E-state index in [4.69, 9.17) is 4.74 Å². The Morgan fingerprint density at radius 2 is 1.00 bits per heavy atom. The van der Waals surface area contributed by atoms with E-state index in [1.165, 1.54) is 0 Å². The summed E-state index contributed by atoms with van der Waals surface area (Å²) in [7, 11) is 0. The minimum Gasteiger partial charge on any atom is -0.456 e. The van der Waals surface area contributed by atoms with Crippen molar-refractivity contribution >= 4 is 6.47 Å². The van der Waals surface area contributed by atoms with Crippen LogP contribution in [0.2, 0.25) is 0 Å². The van der Waals surface area contributed by atoms with Crippen LogP contribution in [0.25, 0.3) is 0 Å². The lowest BCUT2D eigenvalue weighted by atomic mass is 9.70. The summed E-state index contributed by atoms with van der Waals surface area (Å²) in [5.74, 6) is 0. The van der Waals surface area contributed by atoms with Gasteiger partial charge in [-0.25, -0.2) is 4.79 Å². The van der Waals surface area contributed by atoms with Crippen molar-refractivity contribution in [2.75, 3.05) is 6.61 Å². The van der Waals surface area contributed by atoms with E-state index in [0.29, 0.717) is 0 Å². The molecule has 0 unspecified atom stereocenters. The quantitative estimate of drug-likeness (QED) is 0.641. The average molecular weight is 301 g/mol. The fourth-order valence-corrected chi connectivity index (χ4v) is 3.06. The van der Waals surface area contributed by atoms with Crippen molar-refractivity contribution < 1.29 is 9.53 Å². The van der Waals surface area contributed by atoms with Crippen LogP contribution in [0.4, 0.5) is 0 Å². The molecule has 0 aromatic heterocycles. The molecule has 2 heteroatoms. The van der Waals surface area contributed by atoms with Crippen molar-refractivity contribution in [3.8, 4) is 0 Å². The number of hydrogen-bond donors (Lipinski definition) is 0. The summed E-state index contributed by atoms with van der Waals surface area (Å²) in [4.78, 5) is 10.8. The second-order valence-electron chi connectivity index (χ2n) is 5.38. The van der Waals surface area contributed by atoms with Crippen molar-refractivity contribution in [2.45, 2.75) is 5.41 Å². The van der Waals surface area contributed by atoms with Gasteiger partial charge >= 0.3 is 6.47 Å². The van der Waals surface area contributed by atoms with E-state index >= 15 is 0 Å². The molecular formula is C21H17O2. The van der Waals surface area contributed by atoms with Crippen LogP contribution >= 0.6 is 0 Å². The topological polar surface area (TPSA) is 26.3 Å². The molecule has 0 amide bonds. The lowest BCUT2D eigenvalue weighted by molar-refractivity contribution is 0.236. The van der Waals surface area contributed by atoms with Gasteiger partial charge in [-0.05, 0) is 16.7 Å². The smallest absolute Gasteiger partial charge is 0.417 e. The molecule has 0 bridgehead atoms. The standard InChI is InChI=1S/C21H17O2/c22-17-23-16-21(18-10-4-1-5-11-18,19-12-6-2-7-13-19)20-14-8-3-9-15-20/h1-15H,16H2. The number of benzene rings is 3. The molecule has 3 rings (SSSR count). The van der Waals surface area contributed by atoms with Gasteiger partial charge in [-0.3, -0.25) is 0 Å². The van der Waals surface area contributed by atoms with Gasteiger partial charge in [-0.15, -0.1) is 0 Å². The molecule has 0 fully saturated rings. The highest BCUT2D eigenvalue weighted by Crippen LogP contribution is 2.39. The van der Waals surface area contributed by atoms with E-state index in [-0.39, 0.29) is 6.61 Å². The van der Waals surface area contributed by atoms with Crippen LogP contribution in [-0.4, -0.2) is 13.1 Å². The van der Waals surface area contributed by atoms with Gasteiger partial charge in [0, 0.05) is 0 Å². The predicted octanol–water partition coefficient (Wildman–Crippen LogP) is 4.10. The highest BCUT2D eigenvalue weighted by Gasteiger charge is 2.37. The Hall–Kier alpha value is -2.87. The van der Waals surface area contributed by atoms with E-state index in [1.54, 1.807) is 6.47 Å². The molecule has 3 aromatic rings. The van der Waals surface area contributed by atoms with Crippen molar-refractivity contribution in [1.29, 1.82) is 0 Å². The summed E-state index contributed by atoms with van der Waals surface area (Å²) in [6.07, 6.45) is 0. The molecule has 2 nitrogen and oxygen atoms in total. The molecule has 0 aliphatic heterocycles. The number of rotatable bonds is 6. The normalized spacial score (nSPS) is 11.0. The Morgan fingerprint density at radius 3 is 1.30 bits per heavy atom. The lowest BCUT2D eigenvalue weighted by Crippen LogP contribution is -2.34. The summed E-state index contributed by atoms with van der Waals surface area (Å²) in [6.45, 7) is 1.79. The van der Waals surface area contributed by atoms with Crippen LogP contribution in [0, 0.1) is 0 Å². The molecule has 0 aliphatic carbocycles. The summed E-state index contributed by atoms with van der Waals surface area (Å²) in [6, 6.07) is 30.3. The minimum atomic E-state index is -0.554. The molecule has 0 spiro atoms. The van der Waals surface area contributed by atoms with Gasteiger partial charge in [0.05, 0.1) is 5.41 Å². The Balaban J connectivity index is 2.27. The van der Waals surface area contributed by atoms with Crippen molar-refractivity contribution in [3.05, 3.63) is 108 Å². The molecule has 0 heterocycles. The van der Waals surface area contributed by atoms with E-state index in [2.05, 4.69) is 36.4 Å². The fraction of sp³-hybridized carbons (Fsp3) is 0.0952. The Morgan fingerprint density at radius 1 is 0.652 bits per heavy atom. The maximum atomic E-state index is 10.8. The summed E-state index contributed by atoms with van der Waals surface area (Å²) in [5.41, 5.74) is 2.68. The largest absolute Gasteiger partial charge is 0.456 e. The highest BCUT2D eigenvalue weighted by atomic mass is 16.5. The molecule has 3 aromatic carbocycles. The van der Waals surface area contributed by atoms with Gasteiger partial charge in [0.1, 0.15) is 6.61 Å². The zero-order chi connectivity index (χ0) is 16.0. The van der Waals surface area contributed by atoms with E-state index in [1.807, 2.05) is 54.6 Å². The Kier molecular flexibility index (Phi) is 4.53. The summed E-state index contributed by atoms with van der Waals surface area (Å²) < 4.78 is 5.16. The van der Waals surface area contributed by atoms with Crippen LogP contribution in [-0.2, 0) is 14.9 Å². The van der Waals surface area contributed by atoms with Crippen molar-refractivity contribution in [2.24, 2.45) is 0 Å². The zero-order valence-corrected chi connectivity index (χ0v) is 12.7. The van der Waals surface area contributed by atoms with E-state index in [0.717, 1.165) is 16.7 Å². The molecule has 0 N–H and O–H groups in total. The first-order chi connectivity index (χ1) is 11.4. The first kappa shape index (κ1) is 15.0. The second-order valence-corrected chi connectivity index (χ2v) is 5.38. The molecule has 0 saturated carbocycles. The fourth-order valence-electron chi connectivity index (χ4n) is 3.06. The molecule has 0 atom stereocenters. The van der Waals surface area contributed by atoms with Crippen LogP contribution in [0.1, 0.15) is 16.7 Å². The molecular weight excluding hydrogens is 284 g/mol. The molecule has 113 valence electrons. The third kappa shape index (κ3) is 2.88.